The van der Waals surface area contributed by atoms with Gasteiger partial charge in [-0.2, -0.15) is 0 Å². The quantitative estimate of drug-likeness (QED) is 0.579. The summed E-state index contributed by atoms with van der Waals surface area (Å²) in [7, 11) is 0. The van der Waals surface area contributed by atoms with Crippen molar-refractivity contribution >= 4 is 6.29 Å². The molecule has 1 saturated carbocycles. The number of hydrogen-bond acceptors (Lipinski definition) is 1. The van der Waals surface area contributed by atoms with Gasteiger partial charge in [-0.05, 0) is 24.2 Å². The van der Waals surface area contributed by atoms with Crippen LogP contribution in [0.25, 0.3) is 0 Å². The Morgan fingerprint density at radius 1 is 1.58 bits per heavy atom. The van der Waals surface area contributed by atoms with Crippen molar-refractivity contribution in [1.29, 1.82) is 0 Å². The summed E-state index contributed by atoms with van der Waals surface area (Å²) in [6.07, 6.45) is 6.10. The minimum atomic E-state index is 0.291. The molecule has 1 nitrogen and oxygen atoms in total. The predicted octanol–water partition coefficient (Wildman–Crippen LogP) is 3.04. The molecule has 0 N–H and O–H groups in total. The predicted molar refractivity (Wildman–Crippen MR) is 51.0 cm³/mol. The van der Waals surface area contributed by atoms with Crippen molar-refractivity contribution in [2.24, 2.45) is 17.3 Å². The standard InChI is InChI=1S/C11H20O/c1-4-11(3)7-5-6-9(2)10(11)8-12/h8-10H,4-7H2,1-3H3. The number of carbonyl (C=O) groups excluding carboxylic acids is 1. The van der Waals surface area contributed by atoms with Crippen LogP contribution in [0.15, 0.2) is 0 Å². The van der Waals surface area contributed by atoms with E-state index in [2.05, 4.69) is 20.8 Å². The highest BCUT2D eigenvalue weighted by atomic mass is 16.1. The van der Waals surface area contributed by atoms with Crippen LogP contribution in [0.2, 0.25) is 0 Å². The Kier molecular flexibility index (Phi) is 2.92. The molecule has 0 heterocycles. The maximum atomic E-state index is 10.9. The Balaban J connectivity index is 2.76. The van der Waals surface area contributed by atoms with Gasteiger partial charge in [-0.3, -0.25) is 0 Å². The molecular formula is C11H20O. The molecule has 1 aliphatic carbocycles. The monoisotopic (exact) mass is 168 g/mol. The number of aldehydes is 1. The van der Waals surface area contributed by atoms with Gasteiger partial charge in [0.15, 0.2) is 0 Å². The summed E-state index contributed by atoms with van der Waals surface area (Å²) in [6, 6.07) is 0. The Morgan fingerprint density at radius 2 is 2.25 bits per heavy atom. The maximum Gasteiger partial charge on any atom is 0.123 e. The summed E-state index contributed by atoms with van der Waals surface area (Å²) in [6.45, 7) is 6.68. The van der Waals surface area contributed by atoms with Gasteiger partial charge < -0.3 is 4.79 Å². The molecule has 3 unspecified atom stereocenters. The van der Waals surface area contributed by atoms with E-state index in [0.29, 0.717) is 17.3 Å². The fourth-order valence-corrected chi connectivity index (χ4v) is 2.57. The van der Waals surface area contributed by atoms with E-state index < -0.39 is 0 Å². The van der Waals surface area contributed by atoms with Gasteiger partial charge in [-0.1, -0.05) is 33.6 Å². The molecule has 0 bridgehead atoms. The van der Waals surface area contributed by atoms with Crippen LogP contribution in [0.3, 0.4) is 0 Å². The number of hydrogen-bond donors (Lipinski definition) is 0. The lowest BCUT2D eigenvalue weighted by molar-refractivity contribution is -0.118. The zero-order chi connectivity index (χ0) is 9.19. The first-order valence-electron chi connectivity index (χ1n) is 5.09. The van der Waals surface area contributed by atoms with Crippen LogP contribution in [0, 0.1) is 17.3 Å². The van der Waals surface area contributed by atoms with E-state index in [1.54, 1.807) is 0 Å². The fraction of sp³-hybridized carbons (Fsp3) is 0.909. The third-order valence-electron chi connectivity index (χ3n) is 3.78. The van der Waals surface area contributed by atoms with Crippen LogP contribution in [-0.4, -0.2) is 6.29 Å². The average Bonchev–Trinajstić information content (AvgIpc) is 2.05. The highest BCUT2D eigenvalue weighted by Crippen LogP contribution is 2.45. The molecule has 0 amide bonds. The first-order valence-corrected chi connectivity index (χ1v) is 5.09. The first-order chi connectivity index (χ1) is 5.64. The molecule has 0 aromatic carbocycles. The molecule has 0 spiro atoms. The molecule has 70 valence electrons. The summed E-state index contributed by atoms with van der Waals surface area (Å²) in [5.74, 6) is 0.900. The zero-order valence-electron chi connectivity index (χ0n) is 8.47. The summed E-state index contributed by atoms with van der Waals surface area (Å²) in [4.78, 5) is 10.9. The molecule has 12 heavy (non-hydrogen) atoms. The summed E-state index contributed by atoms with van der Waals surface area (Å²) in [5.41, 5.74) is 0.291. The lowest BCUT2D eigenvalue weighted by Crippen LogP contribution is -2.36. The molecule has 0 aliphatic heterocycles. The molecule has 1 heteroatoms. The summed E-state index contributed by atoms with van der Waals surface area (Å²) < 4.78 is 0. The third kappa shape index (κ3) is 1.55. The Bertz CT molecular complexity index is 164. The van der Waals surface area contributed by atoms with Gasteiger partial charge in [0, 0.05) is 5.92 Å². The number of rotatable bonds is 2. The lowest BCUT2D eigenvalue weighted by atomic mass is 9.62. The molecule has 1 fully saturated rings. The van der Waals surface area contributed by atoms with Gasteiger partial charge in [0.05, 0.1) is 0 Å². The molecular weight excluding hydrogens is 148 g/mol. The second kappa shape index (κ2) is 3.59. The Labute approximate surface area is 75.5 Å². The van der Waals surface area contributed by atoms with Crippen molar-refractivity contribution in [3.63, 3.8) is 0 Å². The smallest absolute Gasteiger partial charge is 0.123 e. The molecule has 0 radical (unpaired) electrons. The van der Waals surface area contributed by atoms with E-state index >= 15 is 0 Å². The topological polar surface area (TPSA) is 17.1 Å². The van der Waals surface area contributed by atoms with Crippen LogP contribution >= 0.6 is 0 Å². The van der Waals surface area contributed by atoms with Gasteiger partial charge in [0.2, 0.25) is 0 Å². The zero-order valence-corrected chi connectivity index (χ0v) is 8.47. The van der Waals surface area contributed by atoms with E-state index in [9.17, 15) is 4.79 Å². The normalized spacial score (nSPS) is 42.6. The van der Waals surface area contributed by atoms with Crippen molar-refractivity contribution < 1.29 is 4.79 Å². The SMILES string of the molecule is CCC1(C)CCCC(C)C1C=O. The first kappa shape index (κ1) is 9.76. The fourth-order valence-electron chi connectivity index (χ4n) is 2.57. The van der Waals surface area contributed by atoms with Crippen molar-refractivity contribution in [2.45, 2.75) is 46.5 Å². The van der Waals surface area contributed by atoms with Crippen molar-refractivity contribution in [2.75, 3.05) is 0 Å². The highest BCUT2D eigenvalue weighted by Gasteiger charge is 2.38. The van der Waals surface area contributed by atoms with Gasteiger partial charge in [-0.15, -0.1) is 0 Å². The summed E-state index contributed by atoms with van der Waals surface area (Å²) >= 11 is 0. The van der Waals surface area contributed by atoms with E-state index in [-0.39, 0.29) is 0 Å². The highest BCUT2D eigenvalue weighted by molar-refractivity contribution is 5.55. The Hall–Kier alpha value is -0.330. The maximum absolute atomic E-state index is 10.9. The second-order valence-electron chi connectivity index (χ2n) is 4.54. The van der Waals surface area contributed by atoms with Crippen molar-refractivity contribution in [3.8, 4) is 0 Å². The van der Waals surface area contributed by atoms with Crippen LogP contribution in [-0.2, 0) is 4.79 Å². The van der Waals surface area contributed by atoms with Crippen LogP contribution in [0.4, 0.5) is 0 Å². The molecule has 1 rings (SSSR count). The summed E-state index contributed by atoms with van der Waals surface area (Å²) in [5, 5.41) is 0. The minimum absolute atomic E-state index is 0.291. The molecule has 0 aromatic rings. The van der Waals surface area contributed by atoms with E-state index in [1.807, 2.05) is 0 Å². The average molecular weight is 168 g/mol. The van der Waals surface area contributed by atoms with Gasteiger partial charge in [-0.25, -0.2) is 0 Å². The van der Waals surface area contributed by atoms with Crippen molar-refractivity contribution in [1.82, 2.24) is 0 Å². The van der Waals surface area contributed by atoms with Gasteiger partial charge >= 0.3 is 0 Å². The third-order valence-corrected chi connectivity index (χ3v) is 3.78. The largest absolute Gasteiger partial charge is 0.303 e. The second-order valence-corrected chi connectivity index (χ2v) is 4.54. The molecule has 1 aliphatic rings. The lowest BCUT2D eigenvalue weighted by Gasteiger charge is -2.41. The van der Waals surface area contributed by atoms with Gasteiger partial charge in [0.1, 0.15) is 6.29 Å². The van der Waals surface area contributed by atoms with Crippen LogP contribution in [0.5, 0.6) is 0 Å². The molecule has 0 aromatic heterocycles. The number of carbonyl (C=O) groups is 1. The van der Waals surface area contributed by atoms with Crippen LogP contribution < -0.4 is 0 Å². The molecule has 0 saturated heterocycles. The van der Waals surface area contributed by atoms with Crippen LogP contribution in [0.1, 0.15) is 46.5 Å². The van der Waals surface area contributed by atoms with Gasteiger partial charge in [0.25, 0.3) is 0 Å². The Morgan fingerprint density at radius 3 is 2.67 bits per heavy atom. The van der Waals surface area contributed by atoms with E-state index in [0.717, 1.165) is 6.42 Å². The molecule has 3 atom stereocenters. The van der Waals surface area contributed by atoms with E-state index in [1.165, 1.54) is 25.5 Å². The van der Waals surface area contributed by atoms with E-state index in [4.69, 9.17) is 0 Å². The minimum Gasteiger partial charge on any atom is -0.303 e. The van der Waals surface area contributed by atoms with Crippen molar-refractivity contribution in [3.05, 3.63) is 0 Å².